The van der Waals surface area contributed by atoms with Crippen LogP contribution >= 0.6 is 0 Å². The summed E-state index contributed by atoms with van der Waals surface area (Å²) < 4.78 is 14.7. The van der Waals surface area contributed by atoms with Gasteiger partial charge in [0.15, 0.2) is 5.78 Å². The van der Waals surface area contributed by atoms with E-state index in [-0.39, 0.29) is 42.0 Å². The first-order chi connectivity index (χ1) is 21.4. The minimum atomic E-state index is -0.708. The Balaban J connectivity index is 1.78. The third-order valence-electron chi connectivity index (χ3n) is 6.90. The second-order valence-electron chi connectivity index (χ2n) is 11.2. The number of imidazole rings is 2. The van der Waals surface area contributed by atoms with Crippen LogP contribution < -0.4 is 21.3 Å². The van der Waals surface area contributed by atoms with Gasteiger partial charge in [0.1, 0.15) is 36.1 Å². The van der Waals surface area contributed by atoms with Gasteiger partial charge in [0, 0.05) is 30.8 Å². The predicted molar refractivity (Wildman–Crippen MR) is 165 cm³/mol. The van der Waals surface area contributed by atoms with Crippen molar-refractivity contribution in [3.63, 3.8) is 0 Å². The lowest BCUT2D eigenvalue weighted by atomic mass is 10.00. The molecule has 0 aliphatic rings. The zero-order valence-corrected chi connectivity index (χ0v) is 27.2. The monoisotopic (exact) mass is 630 g/mol. The Morgan fingerprint density at radius 3 is 2.11 bits per heavy atom. The van der Waals surface area contributed by atoms with Crippen molar-refractivity contribution in [3.05, 3.63) is 35.4 Å². The van der Waals surface area contributed by atoms with E-state index in [1.54, 1.807) is 12.4 Å². The first-order valence-corrected chi connectivity index (χ1v) is 14.8. The predicted octanol–water partition coefficient (Wildman–Crippen LogP) is 1.90. The molecule has 45 heavy (non-hydrogen) atoms. The highest BCUT2D eigenvalue weighted by Crippen LogP contribution is 2.12. The van der Waals surface area contributed by atoms with Gasteiger partial charge in [-0.2, -0.15) is 0 Å². The van der Waals surface area contributed by atoms with Gasteiger partial charge < -0.3 is 45.4 Å². The number of aromatic nitrogens is 4. The van der Waals surface area contributed by atoms with Crippen molar-refractivity contribution in [2.45, 2.75) is 72.0 Å². The summed E-state index contributed by atoms with van der Waals surface area (Å²) in [7, 11) is 2.50. The Kier molecular flexibility index (Phi) is 14.9. The van der Waals surface area contributed by atoms with Crippen LogP contribution in [0.25, 0.3) is 0 Å². The number of amides is 3. The highest BCUT2D eigenvalue weighted by molar-refractivity contribution is 5.89. The van der Waals surface area contributed by atoms with Gasteiger partial charge in [-0.15, -0.1) is 0 Å². The van der Waals surface area contributed by atoms with E-state index >= 15 is 0 Å². The van der Waals surface area contributed by atoms with Crippen molar-refractivity contribution in [1.82, 2.24) is 41.2 Å². The maximum absolute atomic E-state index is 12.6. The summed E-state index contributed by atoms with van der Waals surface area (Å²) in [5.41, 5.74) is 1.41. The van der Waals surface area contributed by atoms with Crippen molar-refractivity contribution in [3.8, 4) is 12.0 Å². The standard InChI is InChI=1S/C30H46N8O7/c1-17(2)24(37-29(41)43-7)23(39)16-31-20(6)27-33-15-22(36-27)10-12-45-11-9-21-14-32-26(35-21)19(5)13-34-28(40)25(18(3)4)38-30(42)44-8/h14-15,17-20,24-25,31H,9,11,13,16H2,1-8H3,(H,32,35)(H,33,36)(H,34,40)(H,37,41)(H,38,42)/t19-,20-,24+,25+/m0/s1. The molecule has 4 atom stereocenters. The molecular weight excluding hydrogens is 584 g/mol. The van der Waals surface area contributed by atoms with Crippen molar-refractivity contribution in [2.75, 3.05) is 33.9 Å². The van der Waals surface area contributed by atoms with Crippen LogP contribution in [0.15, 0.2) is 12.4 Å². The summed E-state index contributed by atoms with van der Waals surface area (Å²) in [6, 6.07) is -1.65. The summed E-state index contributed by atoms with van der Waals surface area (Å²) in [5.74, 6) is 3.42. The van der Waals surface area contributed by atoms with Crippen molar-refractivity contribution >= 4 is 23.9 Å². The number of hydrogen-bond acceptors (Lipinski definition) is 10. The fourth-order valence-corrected chi connectivity index (χ4v) is 4.12. The van der Waals surface area contributed by atoms with E-state index in [9.17, 15) is 19.2 Å². The summed E-state index contributed by atoms with van der Waals surface area (Å²) in [6.45, 7) is 11.8. The first-order valence-electron chi connectivity index (χ1n) is 14.8. The van der Waals surface area contributed by atoms with E-state index in [0.717, 1.165) is 5.69 Å². The first kappa shape index (κ1) is 36.6. The molecule has 248 valence electrons. The molecule has 0 spiro atoms. The van der Waals surface area contributed by atoms with Gasteiger partial charge in [-0.1, -0.05) is 34.6 Å². The van der Waals surface area contributed by atoms with Crippen molar-refractivity contribution in [2.24, 2.45) is 11.8 Å². The maximum Gasteiger partial charge on any atom is 0.407 e. The third-order valence-corrected chi connectivity index (χ3v) is 6.90. The van der Waals surface area contributed by atoms with Crippen LogP contribution in [0.2, 0.25) is 0 Å². The van der Waals surface area contributed by atoms with Gasteiger partial charge in [0.25, 0.3) is 0 Å². The molecule has 2 rings (SSSR count). The van der Waals surface area contributed by atoms with Crippen LogP contribution in [-0.4, -0.2) is 89.8 Å². The quantitative estimate of drug-likeness (QED) is 0.118. The minimum absolute atomic E-state index is 0.0364. The van der Waals surface area contributed by atoms with Gasteiger partial charge in [-0.25, -0.2) is 19.6 Å². The Bertz CT molecular complexity index is 1330. The lowest BCUT2D eigenvalue weighted by Crippen LogP contribution is -2.50. The average Bonchev–Trinajstić information content (AvgIpc) is 3.69. The molecule has 3 amide bonds. The number of carbonyl (C=O) groups is 4. The molecule has 2 aromatic heterocycles. The summed E-state index contributed by atoms with van der Waals surface area (Å²) in [4.78, 5) is 63.4. The summed E-state index contributed by atoms with van der Waals surface area (Å²) in [5, 5.41) is 11.1. The van der Waals surface area contributed by atoms with E-state index < -0.39 is 24.3 Å². The molecule has 15 nitrogen and oxygen atoms in total. The van der Waals surface area contributed by atoms with Gasteiger partial charge in [0.05, 0.1) is 39.0 Å². The van der Waals surface area contributed by atoms with E-state index in [4.69, 9.17) is 4.74 Å². The molecule has 0 saturated heterocycles. The zero-order chi connectivity index (χ0) is 33.5. The normalized spacial score (nSPS) is 13.6. The van der Waals surface area contributed by atoms with Crippen LogP contribution in [0.5, 0.6) is 0 Å². The Labute approximate surface area is 263 Å². The number of alkyl carbamates (subject to hydrolysis) is 2. The van der Waals surface area contributed by atoms with Crippen LogP contribution in [-0.2, 0) is 30.2 Å². The zero-order valence-electron chi connectivity index (χ0n) is 27.2. The summed E-state index contributed by atoms with van der Waals surface area (Å²) in [6.07, 6.45) is 5.19. The van der Waals surface area contributed by atoms with Crippen molar-refractivity contribution in [1.29, 1.82) is 0 Å². The molecule has 15 heteroatoms. The molecule has 0 bridgehead atoms. The Hall–Kier alpha value is -4.58. The maximum atomic E-state index is 12.6. The molecule has 0 aromatic carbocycles. The number of H-pyrrole nitrogens is 2. The number of ketones is 1. The molecule has 0 unspecified atom stereocenters. The van der Waals surface area contributed by atoms with E-state index in [2.05, 4.69) is 62.7 Å². The summed E-state index contributed by atoms with van der Waals surface area (Å²) >= 11 is 0. The molecular formula is C30H46N8O7. The van der Waals surface area contributed by atoms with Gasteiger partial charge in [0.2, 0.25) is 5.91 Å². The van der Waals surface area contributed by atoms with E-state index in [1.165, 1.54) is 14.2 Å². The average molecular weight is 631 g/mol. The van der Waals surface area contributed by atoms with Crippen LogP contribution in [0.1, 0.15) is 76.5 Å². The molecule has 0 aliphatic heterocycles. The molecule has 6 N–H and O–H groups in total. The topological polar surface area (TPSA) is 201 Å². The second-order valence-corrected chi connectivity index (χ2v) is 11.2. The smallest absolute Gasteiger partial charge is 0.407 e. The fourth-order valence-electron chi connectivity index (χ4n) is 4.12. The molecule has 0 radical (unpaired) electrons. The molecule has 2 heterocycles. The number of nitrogens with one attached hydrogen (secondary N) is 6. The number of methoxy groups -OCH3 is 2. The molecule has 0 saturated carbocycles. The number of ether oxygens (including phenoxy) is 3. The number of hydrogen-bond donors (Lipinski definition) is 6. The minimum Gasteiger partial charge on any atom is -0.453 e. The molecule has 0 fully saturated rings. The fraction of sp³-hybridized carbons (Fsp3) is 0.600. The van der Waals surface area contributed by atoms with Gasteiger partial charge in [-0.05, 0) is 24.7 Å². The highest BCUT2D eigenvalue weighted by atomic mass is 16.5. The van der Waals surface area contributed by atoms with Gasteiger partial charge in [-0.3, -0.25) is 9.59 Å². The SMILES string of the molecule is COC(=O)N[C@@H](C(=O)CN[C@@H](C)c1ncc(C#COCCc2cnc([C@@H](C)CNC(=O)[C@H](NC(=O)OC)C(C)C)[nH]2)[nH]1)C(C)C. The van der Waals surface area contributed by atoms with Gasteiger partial charge >= 0.3 is 12.2 Å². The molecule has 0 aliphatic carbocycles. The number of carbonyl (C=O) groups excluding carboxylic acids is 4. The largest absolute Gasteiger partial charge is 0.453 e. The van der Waals surface area contributed by atoms with Crippen LogP contribution in [0.3, 0.4) is 0 Å². The number of Topliss-reactive ketones (excluding diaryl/α,β-unsaturated/α-hetero) is 1. The van der Waals surface area contributed by atoms with E-state index in [0.29, 0.717) is 36.9 Å². The molecule has 2 aromatic rings. The number of aromatic amines is 2. The second kappa shape index (κ2) is 18.3. The lowest BCUT2D eigenvalue weighted by Gasteiger charge is -2.21. The van der Waals surface area contributed by atoms with Crippen molar-refractivity contribution < 1.29 is 33.4 Å². The Morgan fingerprint density at radius 1 is 0.867 bits per heavy atom. The van der Waals surface area contributed by atoms with Crippen LogP contribution in [0.4, 0.5) is 9.59 Å². The highest BCUT2D eigenvalue weighted by Gasteiger charge is 2.26. The lowest BCUT2D eigenvalue weighted by molar-refractivity contribution is -0.124. The Morgan fingerprint density at radius 2 is 1.49 bits per heavy atom. The van der Waals surface area contributed by atoms with E-state index in [1.807, 2.05) is 41.5 Å². The third kappa shape index (κ3) is 12.1. The number of nitrogens with zero attached hydrogens (tertiary/aromatic N) is 2. The number of rotatable bonds is 16. The van der Waals surface area contributed by atoms with Crippen LogP contribution in [0, 0.1) is 23.9 Å².